The first-order valence-corrected chi connectivity index (χ1v) is 7.15. The number of aromatic nitrogens is 2. The van der Waals surface area contributed by atoms with Crippen molar-refractivity contribution in [2.24, 2.45) is 5.73 Å². The first-order valence-electron chi connectivity index (χ1n) is 7.15. The minimum atomic E-state index is -0.364. The summed E-state index contributed by atoms with van der Waals surface area (Å²) in [5.41, 5.74) is 5.75. The van der Waals surface area contributed by atoms with E-state index in [1.165, 1.54) is 0 Å². The van der Waals surface area contributed by atoms with Gasteiger partial charge in [-0.1, -0.05) is 0 Å². The summed E-state index contributed by atoms with van der Waals surface area (Å²) in [6.45, 7) is 11.3. The lowest BCUT2D eigenvalue weighted by Crippen LogP contribution is -2.41. The highest BCUT2D eigenvalue weighted by Gasteiger charge is 2.52. The van der Waals surface area contributed by atoms with Crippen LogP contribution in [0.25, 0.3) is 0 Å². The molecule has 1 fully saturated rings. The molecule has 1 saturated heterocycles. The minimum absolute atomic E-state index is 0.329. The maximum Gasteiger partial charge on any atom is 0.514 e. The molecule has 0 atom stereocenters. The minimum Gasteiger partial charge on any atom is -0.398 e. The predicted molar refractivity (Wildman–Crippen MR) is 79.9 cm³/mol. The van der Waals surface area contributed by atoms with E-state index in [1.807, 2.05) is 10.7 Å². The molecule has 1 aliphatic rings. The Hall–Kier alpha value is -0.885. The molecule has 0 aromatic carbocycles. The molecule has 0 bridgehead atoms. The summed E-state index contributed by atoms with van der Waals surface area (Å²) in [7, 11) is -0.364. The van der Waals surface area contributed by atoms with Crippen molar-refractivity contribution in [2.75, 3.05) is 19.6 Å². The van der Waals surface area contributed by atoms with E-state index < -0.39 is 0 Å². The van der Waals surface area contributed by atoms with Gasteiger partial charge in [0, 0.05) is 25.8 Å². The van der Waals surface area contributed by atoms with E-state index in [9.17, 15) is 0 Å². The van der Waals surface area contributed by atoms with E-state index in [2.05, 4.69) is 38.1 Å². The fourth-order valence-electron chi connectivity index (χ4n) is 2.11. The molecule has 0 spiro atoms. The molecule has 0 amide bonds. The number of nitrogens with two attached hydrogens (primary N) is 1. The number of rotatable bonds is 6. The zero-order chi connectivity index (χ0) is 14.8. The number of nitrogens with zero attached hydrogens (tertiary/aromatic N) is 2. The first kappa shape index (κ1) is 15.5. The van der Waals surface area contributed by atoms with Gasteiger partial charge in [-0.05, 0) is 33.8 Å². The topological polar surface area (TPSA) is 74.3 Å². The number of hydrogen-bond donors (Lipinski definition) is 2. The molecule has 20 heavy (non-hydrogen) atoms. The lowest BCUT2D eigenvalue weighted by atomic mass is 9.84. The molecule has 1 aromatic heterocycles. The number of nitrogens with one attached hydrogen (secondary N) is 1. The van der Waals surface area contributed by atoms with Crippen LogP contribution in [0, 0.1) is 0 Å². The van der Waals surface area contributed by atoms with Crippen LogP contribution in [0.3, 0.4) is 0 Å². The first-order chi connectivity index (χ1) is 9.37. The molecule has 7 heteroatoms. The molecular formula is C13H25BN4O2. The summed E-state index contributed by atoms with van der Waals surface area (Å²) in [6, 6.07) is 1.95. The van der Waals surface area contributed by atoms with Gasteiger partial charge in [-0.2, -0.15) is 5.10 Å². The molecule has 2 heterocycles. The highest BCUT2D eigenvalue weighted by molar-refractivity contribution is 6.61. The average molecular weight is 280 g/mol. The van der Waals surface area contributed by atoms with Crippen LogP contribution < -0.4 is 16.6 Å². The molecule has 2 rings (SSSR count). The zero-order valence-electron chi connectivity index (χ0n) is 12.8. The van der Waals surface area contributed by atoms with Crippen molar-refractivity contribution < 1.29 is 9.31 Å². The molecule has 3 N–H and O–H groups in total. The Morgan fingerprint density at radius 2 is 1.90 bits per heavy atom. The fourth-order valence-corrected chi connectivity index (χ4v) is 2.11. The molecule has 0 unspecified atom stereocenters. The van der Waals surface area contributed by atoms with Crippen molar-refractivity contribution in [3.8, 4) is 0 Å². The lowest BCUT2D eigenvalue weighted by Gasteiger charge is -2.32. The molecule has 1 aliphatic heterocycles. The van der Waals surface area contributed by atoms with E-state index in [-0.39, 0.29) is 18.3 Å². The van der Waals surface area contributed by atoms with Gasteiger partial charge in [-0.25, -0.2) is 0 Å². The zero-order valence-corrected chi connectivity index (χ0v) is 12.8. The van der Waals surface area contributed by atoms with E-state index in [0.29, 0.717) is 6.54 Å². The van der Waals surface area contributed by atoms with Crippen LogP contribution in [0.4, 0.5) is 0 Å². The fraction of sp³-hybridized carbons (Fsp3) is 0.769. The van der Waals surface area contributed by atoms with Crippen molar-refractivity contribution in [2.45, 2.75) is 45.4 Å². The molecule has 1 aromatic rings. The third-order valence-electron chi connectivity index (χ3n) is 4.07. The van der Waals surface area contributed by atoms with E-state index >= 15 is 0 Å². The summed E-state index contributed by atoms with van der Waals surface area (Å²) < 4.78 is 14.0. The van der Waals surface area contributed by atoms with Crippen LogP contribution in [0.15, 0.2) is 12.3 Å². The Labute approximate surface area is 121 Å². The van der Waals surface area contributed by atoms with Gasteiger partial charge < -0.3 is 20.4 Å². The van der Waals surface area contributed by atoms with Crippen LogP contribution in [0.5, 0.6) is 0 Å². The molecule has 0 saturated carbocycles. The highest BCUT2D eigenvalue weighted by atomic mass is 16.7. The van der Waals surface area contributed by atoms with Crippen molar-refractivity contribution in [3.05, 3.63) is 12.3 Å². The van der Waals surface area contributed by atoms with Crippen LogP contribution in [-0.4, -0.2) is 47.7 Å². The van der Waals surface area contributed by atoms with Crippen LogP contribution >= 0.6 is 0 Å². The van der Waals surface area contributed by atoms with Crippen molar-refractivity contribution >= 4 is 12.7 Å². The number of hydrogen-bond acceptors (Lipinski definition) is 5. The van der Waals surface area contributed by atoms with Gasteiger partial charge in [-0.3, -0.25) is 4.68 Å². The molecule has 0 radical (unpaired) electrons. The van der Waals surface area contributed by atoms with Gasteiger partial charge in [0.05, 0.1) is 23.3 Å². The summed E-state index contributed by atoms with van der Waals surface area (Å²) in [4.78, 5) is 0. The van der Waals surface area contributed by atoms with Gasteiger partial charge in [0.2, 0.25) is 0 Å². The van der Waals surface area contributed by atoms with Crippen molar-refractivity contribution in [3.63, 3.8) is 0 Å². The van der Waals surface area contributed by atoms with Crippen molar-refractivity contribution in [1.82, 2.24) is 15.1 Å². The molecular weight excluding hydrogens is 255 g/mol. The maximum absolute atomic E-state index is 6.05. The summed E-state index contributed by atoms with van der Waals surface area (Å²) in [6.07, 6.45) is 1.78. The van der Waals surface area contributed by atoms with Gasteiger partial charge in [0.15, 0.2) is 0 Å². The van der Waals surface area contributed by atoms with Crippen LogP contribution in [-0.2, 0) is 15.9 Å². The van der Waals surface area contributed by atoms with Gasteiger partial charge in [0.1, 0.15) is 0 Å². The van der Waals surface area contributed by atoms with Gasteiger partial charge >= 0.3 is 7.12 Å². The van der Waals surface area contributed by atoms with Crippen LogP contribution in [0.1, 0.15) is 27.7 Å². The Bertz CT molecular complexity index is 431. The average Bonchev–Trinajstić information content (AvgIpc) is 2.88. The Kier molecular flexibility index (Phi) is 4.54. The lowest BCUT2D eigenvalue weighted by molar-refractivity contribution is 0.00578. The normalized spacial score (nSPS) is 20.6. The second-order valence-corrected chi connectivity index (χ2v) is 6.11. The standard InChI is InChI=1S/C13H25BN4O2/c1-12(2)13(3,4)20-14(19-12)11-5-7-17-18(11)10-9-16-8-6-15/h5,7,16H,6,8-10,15H2,1-4H3. The van der Waals surface area contributed by atoms with E-state index in [4.69, 9.17) is 15.0 Å². The highest BCUT2D eigenvalue weighted by Crippen LogP contribution is 2.36. The second-order valence-electron chi connectivity index (χ2n) is 6.11. The Morgan fingerprint density at radius 1 is 1.25 bits per heavy atom. The van der Waals surface area contributed by atoms with Gasteiger partial charge in [-0.15, -0.1) is 0 Å². The smallest absolute Gasteiger partial charge is 0.398 e. The van der Waals surface area contributed by atoms with E-state index in [1.54, 1.807) is 6.20 Å². The Morgan fingerprint density at radius 3 is 2.50 bits per heavy atom. The van der Waals surface area contributed by atoms with Crippen LogP contribution in [0.2, 0.25) is 0 Å². The van der Waals surface area contributed by atoms with E-state index in [0.717, 1.165) is 25.2 Å². The third kappa shape index (κ3) is 3.06. The third-order valence-corrected chi connectivity index (χ3v) is 4.07. The quantitative estimate of drug-likeness (QED) is 0.554. The molecule has 6 nitrogen and oxygen atoms in total. The summed E-state index contributed by atoms with van der Waals surface area (Å²) in [5.74, 6) is 0. The van der Waals surface area contributed by atoms with Crippen molar-refractivity contribution in [1.29, 1.82) is 0 Å². The Balaban J connectivity index is 2.02. The summed E-state index contributed by atoms with van der Waals surface area (Å²) >= 11 is 0. The molecule has 0 aliphatic carbocycles. The summed E-state index contributed by atoms with van der Waals surface area (Å²) in [5, 5.41) is 7.60. The molecule has 112 valence electrons. The SMILES string of the molecule is CC1(C)OB(c2ccnn2CCNCCN)OC1(C)C. The second kappa shape index (κ2) is 5.85. The monoisotopic (exact) mass is 280 g/mol. The van der Waals surface area contributed by atoms with Gasteiger partial charge in [0.25, 0.3) is 0 Å². The maximum atomic E-state index is 6.05. The predicted octanol–water partition coefficient (Wildman–Crippen LogP) is -0.269. The largest absolute Gasteiger partial charge is 0.514 e.